The summed E-state index contributed by atoms with van der Waals surface area (Å²) in [4.78, 5) is 11.6. The highest BCUT2D eigenvalue weighted by Gasteiger charge is 2.20. The summed E-state index contributed by atoms with van der Waals surface area (Å²) in [5.74, 6) is 3.43. The van der Waals surface area contributed by atoms with E-state index in [1.54, 1.807) is 0 Å². The lowest BCUT2D eigenvalue weighted by Gasteiger charge is -2.21. The molecule has 1 heterocycles. The Balaban J connectivity index is 2.21. The van der Waals surface area contributed by atoms with E-state index in [1.165, 1.54) is 0 Å². The number of amides is 1. The highest BCUT2D eigenvalue weighted by Crippen LogP contribution is 2.22. The smallest absolute Gasteiger partial charge is 0.223 e. The van der Waals surface area contributed by atoms with Crippen LogP contribution < -0.4 is 5.32 Å². The van der Waals surface area contributed by atoms with Crippen molar-refractivity contribution >= 4 is 17.7 Å². The van der Waals surface area contributed by atoms with Crippen molar-refractivity contribution in [3.05, 3.63) is 0 Å². The molecule has 0 radical (unpaired) electrons. The van der Waals surface area contributed by atoms with Crippen molar-refractivity contribution < 1.29 is 4.79 Å². The van der Waals surface area contributed by atoms with E-state index in [1.807, 2.05) is 11.8 Å². The Morgan fingerprint density at radius 3 is 2.62 bits per heavy atom. The van der Waals surface area contributed by atoms with Gasteiger partial charge in [-0.15, -0.1) is 0 Å². The fourth-order valence-corrected chi connectivity index (χ4v) is 2.52. The zero-order valence-corrected chi connectivity index (χ0v) is 9.32. The molecule has 0 aromatic carbocycles. The van der Waals surface area contributed by atoms with E-state index in [4.69, 9.17) is 0 Å². The molecule has 0 unspecified atom stereocenters. The van der Waals surface area contributed by atoms with Gasteiger partial charge < -0.3 is 5.32 Å². The van der Waals surface area contributed by atoms with E-state index >= 15 is 0 Å². The van der Waals surface area contributed by atoms with Crippen molar-refractivity contribution in [2.45, 2.75) is 26.7 Å². The minimum absolute atomic E-state index is 0.272. The van der Waals surface area contributed by atoms with Crippen molar-refractivity contribution in [3.63, 3.8) is 0 Å². The van der Waals surface area contributed by atoms with E-state index in [9.17, 15) is 4.79 Å². The van der Waals surface area contributed by atoms with Crippen LogP contribution in [-0.4, -0.2) is 24.0 Å². The standard InChI is InChI=1S/C10H19NOS/c1-8(2)7-11-10(12)9-3-5-13-6-4-9/h8-9H,3-7H2,1-2H3,(H,11,12). The molecule has 1 aliphatic heterocycles. The van der Waals surface area contributed by atoms with E-state index in [2.05, 4.69) is 19.2 Å². The van der Waals surface area contributed by atoms with E-state index in [0.717, 1.165) is 30.9 Å². The molecule has 0 atom stereocenters. The predicted molar refractivity (Wildman–Crippen MR) is 57.9 cm³/mol. The summed E-state index contributed by atoms with van der Waals surface area (Å²) in [5.41, 5.74) is 0. The molecule has 0 saturated carbocycles. The second kappa shape index (κ2) is 5.53. The summed E-state index contributed by atoms with van der Waals surface area (Å²) in [6.07, 6.45) is 2.13. The molecule has 1 fully saturated rings. The molecule has 0 aromatic heterocycles. The van der Waals surface area contributed by atoms with Crippen LogP contribution >= 0.6 is 11.8 Å². The lowest BCUT2D eigenvalue weighted by Crippen LogP contribution is -2.34. The maximum absolute atomic E-state index is 11.6. The number of thioether (sulfide) groups is 1. The van der Waals surface area contributed by atoms with Crippen molar-refractivity contribution in [2.75, 3.05) is 18.1 Å². The molecular formula is C10H19NOS. The Hall–Kier alpha value is -0.180. The minimum atomic E-state index is 0.272. The highest BCUT2D eigenvalue weighted by atomic mass is 32.2. The molecule has 0 aromatic rings. The minimum Gasteiger partial charge on any atom is -0.356 e. The Morgan fingerprint density at radius 1 is 1.46 bits per heavy atom. The van der Waals surface area contributed by atoms with Gasteiger partial charge in [-0.2, -0.15) is 11.8 Å². The van der Waals surface area contributed by atoms with Crippen LogP contribution in [0, 0.1) is 11.8 Å². The molecule has 3 heteroatoms. The fourth-order valence-electron chi connectivity index (χ4n) is 1.41. The second-order valence-corrected chi connectivity index (χ2v) is 5.25. The number of hydrogen-bond acceptors (Lipinski definition) is 2. The molecule has 2 nitrogen and oxygen atoms in total. The largest absolute Gasteiger partial charge is 0.356 e. The second-order valence-electron chi connectivity index (χ2n) is 4.03. The zero-order valence-electron chi connectivity index (χ0n) is 8.51. The topological polar surface area (TPSA) is 29.1 Å². The summed E-state index contributed by atoms with van der Waals surface area (Å²) in [7, 11) is 0. The summed E-state index contributed by atoms with van der Waals surface area (Å²) >= 11 is 1.96. The monoisotopic (exact) mass is 201 g/mol. The lowest BCUT2D eigenvalue weighted by molar-refractivity contribution is -0.125. The molecule has 0 spiro atoms. The van der Waals surface area contributed by atoms with Crippen LogP contribution in [0.4, 0.5) is 0 Å². The van der Waals surface area contributed by atoms with Crippen molar-refractivity contribution in [3.8, 4) is 0 Å². The van der Waals surface area contributed by atoms with Crippen LogP contribution in [0.2, 0.25) is 0 Å². The Bertz CT molecular complexity index is 164. The Morgan fingerprint density at radius 2 is 2.08 bits per heavy atom. The van der Waals surface area contributed by atoms with Gasteiger partial charge in [-0.1, -0.05) is 13.8 Å². The van der Waals surface area contributed by atoms with Crippen LogP contribution in [0.1, 0.15) is 26.7 Å². The van der Waals surface area contributed by atoms with Gasteiger partial charge in [0.15, 0.2) is 0 Å². The SMILES string of the molecule is CC(C)CNC(=O)C1CCSCC1. The average Bonchev–Trinajstić information content (AvgIpc) is 2.15. The third-order valence-electron chi connectivity index (χ3n) is 2.28. The van der Waals surface area contributed by atoms with Crippen LogP contribution in [0.25, 0.3) is 0 Å². The van der Waals surface area contributed by atoms with Gasteiger partial charge in [-0.05, 0) is 30.3 Å². The van der Waals surface area contributed by atoms with Gasteiger partial charge in [-0.3, -0.25) is 4.79 Å². The van der Waals surface area contributed by atoms with Gasteiger partial charge >= 0.3 is 0 Å². The maximum Gasteiger partial charge on any atom is 0.223 e. The van der Waals surface area contributed by atoms with E-state index < -0.39 is 0 Å². The highest BCUT2D eigenvalue weighted by molar-refractivity contribution is 7.99. The van der Waals surface area contributed by atoms with Crippen molar-refractivity contribution in [1.82, 2.24) is 5.32 Å². The van der Waals surface area contributed by atoms with Gasteiger partial charge in [0.05, 0.1) is 0 Å². The number of rotatable bonds is 3. The van der Waals surface area contributed by atoms with Crippen molar-refractivity contribution in [1.29, 1.82) is 0 Å². The zero-order chi connectivity index (χ0) is 9.68. The number of hydrogen-bond donors (Lipinski definition) is 1. The first-order valence-corrected chi connectivity index (χ1v) is 6.21. The van der Waals surface area contributed by atoms with Crippen molar-refractivity contribution in [2.24, 2.45) is 11.8 Å². The van der Waals surface area contributed by atoms with Gasteiger partial charge in [0, 0.05) is 12.5 Å². The molecule has 1 aliphatic rings. The number of carbonyl (C=O) groups is 1. The molecule has 1 amide bonds. The normalized spacial score (nSPS) is 19.0. The molecule has 1 saturated heterocycles. The summed E-state index contributed by atoms with van der Waals surface area (Å²) in [6, 6.07) is 0. The van der Waals surface area contributed by atoms with E-state index in [0.29, 0.717) is 11.8 Å². The lowest BCUT2D eigenvalue weighted by atomic mass is 10.0. The first-order valence-electron chi connectivity index (χ1n) is 5.05. The van der Waals surface area contributed by atoms with Gasteiger partial charge in [-0.25, -0.2) is 0 Å². The third-order valence-corrected chi connectivity index (χ3v) is 3.33. The Kier molecular flexibility index (Phi) is 4.64. The molecule has 1 N–H and O–H groups in total. The molecule has 13 heavy (non-hydrogen) atoms. The predicted octanol–water partition coefficient (Wildman–Crippen LogP) is 1.90. The van der Waals surface area contributed by atoms with Crippen LogP contribution in [0.5, 0.6) is 0 Å². The van der Waals surface area contributed by atoms with Gasteiger partial charge in [0.2, 0.25) is 5.91 Å². The quantitative estimate of drug-likeness (QED) is 0.755. The molecule has 1 rings (SSSR count). The fraction of sp³-hybridized carbons (Fsp3) is 0.900. The van der Waals surface area contributed by atoms with E-state index in [-0.39, 0.29) is 5.91 Å². The maximum atomic E-state index is 11.6. The summed E-state index contributed by atoms with van der Waals surface area (Å²) < 4.78 is 0. The molecule has 0 bridgehead atoms. The third kappa shape index (κ3) is 4.03. The first kappa shape index (κ1) is 10.9. The van der Waals surface area contributed by atoms with Crippen LogP contribution in [0.3, 0.4) is 0 Å². The average molecular weight is 201 g/mol. The molecule has 0 aliphatic carbocycles. The van der Waals surface area contributed by atoms with Crippen LogP contribution in [0.15, 0.2) is 0 Å². The Labute approximate surface area is 84.9 Å². The molecular weight excluding hydrogens is 182 g/mol. The number of carbonyl (C=O) groups excluding carboxylic acids is 1. The first-order chi connectivity index (χ1) is 6.20. The molecule has 76 valence electrons. The summed E-state index contributed by atoms with van der Waals surface area (Å²) in [6.45, 7) is 5.07. The van der Waals surface area contributed by atoms with Crippen LogP contribution in [-0.2, 0) is 4.79 Å². The van der Waals surface area contributed by atoms with Gasteiger partial charge in [0.25, 0.3) is 0 Å². The number of nitrogens with one attached hydrogen (secondary N) is 1. The van der Waals surface area contributed by atoms with Gasteiger partial charge in [0.1, 0.15) is 0 Å². The summed E-state index contributed by atoms with van der Waals surface area (Å²) in [5, 5.41) is 3.00.